The Morgan fingerprint density at radius 2 is 1.93 bits per heavy atom. The first-order chi connectivity index (χ1) is 14.0. The van der Waals surface area contributed by atoms with Gasteiger partial charge in [-0.1, -0.05) is 30.3 Å². The minimum Gasteiger partial charge on any atom is -0.348 e. The Kier molecular flexibility index (Phi) is 5.34. The van der Waals surface area contributed by atoms with Crippen LogP contribution in [-0.4, -0.2) is 30.8 Å². The first-order valence-corrected chi connectivity index (χ1v) is 10.2. The normalized spacial score (nSPS) is 17.1. The van der Waals surface area contributed by atoms with Crippen molar-refractivity contribution in [3.8, 4) is 0 Å². The van der Waals surface area contributed by atoms with Gasteiger partial charge in [-0.25, -0.2) is 0 Å². The predicted octanol–water partition coefficient (Wildman–Crippen LogP) is 2.77. The molecule has 0 aromatic heterocycles. The van der Waals surface area contributed by atoms with Crippen LogP contribution in [0.1, 0.15) is 42.4 Å². The number of nitrogens with zero attached hydrogens (tertiary/aromatic N) is 1. The van der Waals surface area contributed by atoms with E-state index in [2.05, 4.69) is 10.6 Å². The Bertz CT molecular complexity index is 955. The Morgan fingerprint density at radius 1 is 1.14 bits per heavy atom. The number of aryl methyl sites for hydroxylation is 2. The minimum absolute atomic E-state index is 0.112. The summed E-state index contributed by atoms with van der Waals surface area (Å²) in [6, 6.07) is 13.7. The number of nitrogens with one attached hydrogen (secondary N) is 2. The van der Waals surface area contributed by atoms with Crippen LogP contribution in [0.2, 0.25) is 0 Å². The van der Waals surface area contributed by atoms with Crippen LogP contribution in [0, 0.1) is 0 Å². The third kappa shape index (κ3) is 3.88. The van der Waals surface area contributed by atoms with Gasteiger partial charge in [-0.15, -0.1) is 0 Å². The van der Waals surface area contributed by atoms with E-state index in [0.29, 0.717) is 12.2 Å². The smallest absolute Gasteiger partial charge is 0.313 e. The molecule has 0 bridgehead atoms. The summed E-state index contributed by atoms with van der Waals surface area (Å²) in [6.07, 6.45) is 3.39. The van der Waals surface area contributed by atoms with E-state index in [-0.39, 0.29) is 11.8 Å². The van der Waals surface area contributed by atoms with Crippen molar-refractivity contribution in [1.29, 1.82) is 0 Å². The third-order valence-electron chi connectivity index (χ3n) is 5.65. The van der Waals surface area contributed by atoms with Gasteiger partial charge < -0.3 is 15.5 Å². The predicted molar refractivity (Wildman–Crippen MR) is 112 cm³/mol. The zero-order chi connectivity index (χ0) is 20.4. The molecule has 0 saturated heterocycles. The van der Waals surface area contributed by atoms with Crippen molar-refractivity contribution < 1.29 is 14.4 Å². The van der Waals surface area contributed by atoms with E-state index in [1.807, 2.05) is 54.3 Å². The summed E-state index contributed by atoms with van der Waals surface area (Å²) in [4.78, 5) is 38.7. The number of amides is 3. The monoisotopic (exact) mass is 391 g/mol. The fourth-order valence-corrected chi connectivity index (χ4v) is 4.17. The molecule has 4 rings (SSSR count). The van der Waals surface area contributed by atoms with E-state index in [9.17, 15) is 14.4 Å². The van der Waals surface area contributed by atoms with Crippen molar-refractivity contribution >= 4 is 29.1 Å². The van der Waals surface area contributed by atoms with Crippen LogP contribution < -0.4 is 15.5 Å². The molecule has 2 aliphatic rings. The lowest BCUT2D eigenvalue weighted by molar-refractivity contribution is -0.136. The van der Waals surface area contributed by atoms with Crippen molar-refractivity contribution in [2.75, 3.05) is 23.3 Å². The number of benzene rings is 2. The molecule has 0 fully saturated rings. The van der Waals surface area contributed by atoms with Crippen molar-refractivity contribution in [2.45, 2.75) is 38.5 Å². The van der Waals surface area contributed by atoms with Crippen LogP contribution >= 0.6 is 0 Å². The molecule has 3 amide bonds. The quantitative estimate of drug-likeness (QED) is 0.608. The zero-order valence-corrected chi connectivity index (χ0v) is 16.5. The van der Waals surface area contributed by atoms with Crippen molar-refractivity contribution in [3.05, 3.63) is 59.2 Å². The number of rotatable bonds is 5. The maximum Gasteiger partial charge on any atom is 0.313 e. The lowest BCUT2D eigenvalue weighted by atomic mass is 9.96. The van der Waals surface area contributed by atoms with E-state index in [1.54, 1.807) is 0 Å². The van der Waals surface area contributed by atoms with Gasteiger partial charge in [-0.2, -0.15) is 0 Å². The molecule has 0 saturated carbocycles. The van der Waals surface area contributed by atoms with Gasteiger partial charge in [0.05, 0.1) is 11.6 Å². The lowest BCUT2D eigenvalue weighted by Crippen LogP contribution is -2.36. The molecule has 6 heteroatoms. The highest BCUT2D eigenvalue weighted by Crippen LogP contribution is 2.44. The van der Waals surface area contributed by atoms with Gasteiger partial charge in [0.25, 0.3) is 0 Å². The first-order valence-electron chi connectivity index (χ1n) is 10.2. The summed E-state index contributed by atoms with van der Waals surface area (Å²) in [6.45, 7) is 3.08. The molecule has 2 aromatic carbocycles. The van der Waals surface area contributed by atoms with Gasteiger partial charge in [0.2, 0.25) is 5.91 Å². The van der Waals surface area contributed by atoms with Crippen LogP contribution in [0.4, 0.5) is 11.4 Å². The summed E-state index contributed by atoms with van der Waals surface area (Å²) in [5, 5.41) is 5.37. The molecule has 29 heavy (non-hydrogen) atoms. The summed E-state index contributed by atoms with van der Waals surface area (Å²) in [7, 11) is 0. The molecule has 0 unspecified atom stereocenters. The van der Waals surface area contributed by atoms with Gasteiger partial charge in [-0.05, 0) is 61.4 Å². The summed E-state index contributed by atoms with van der Waals surface area (Å²) in [5.41, 5.74) is 4.77. The number of hydrogen-bond acceptors (Lipinski definition) is 3. The highest BCUT2D eigenvalue weighted by atomic mass is 16.2. The van der Waals surface area contributed by atoms with E-state index < -0.39 is 11.8 Å². The number of carbonyl (C=O) groups excluding carboxylic acids is 3. The fourth-order valence-electron chi connectivity index (χ4n) is 4.17. The molecule has 2 N–H and O–H groups in total. The molecular formula is C23H25N3O3. The minimum atomic E-state index is -0.679. The molecule has 0 aliphatic carbocycles. The van der Waals surface area contributed by atoms with Gasteiger partial charge in [0, 0.05) is 18.8 Å². The number of anilines is 2. The Morgan fingerprint density at radius 3 is 2.72 bits per heavy atom. The SMILES string of the molecule is C[C@H]1C(=O)N2CCCc3cc(NC(=O)C(=O)NCCCc4ccccc4)cc1c32. The van der Waals surface area contributed by atoms with Crippen LogP contribution in [0.3, 0.4) is 0 Å². The second-order valence-electron chi connectivity index (χ2n) is 7.69. The summed E-state index contributed by atoms with van der Waals surface area (Å²) in [5.74, 6) is -1.43. The standard InChI is InChI=1S/C23H25N3O3/c1-15-19-14-18(13-17-10-6-12-26(20(17)19)23(15)29)25-22(28)21(27)24-11-5-9-16-7-3-2-4-8-16/h2-4,7-8,13-15H,5-6,9-12H2,1H3,(H,24,27)(H,25,28)/t15-/m1/s1. The van der Waals surface area contributed by atoms with E-state index >= 15 is 0 Å². The Balaban J connectivity index is 1.35. The maximum absolute atomic E-state index is 12.4. The average molecular weight is 391 g/mol. The van der Waals surface area contributed by atoms with Crippen molar-refractivity contribution in [3.63, 3.8) is 0 Å². The maximum atomic E-state index is 12.4. The van der Waals surface area contributed by atoms with E-state index in [0.717, 1.165) is 49.0 Å². The molecule has 6 nitrogen and oxygen atoms in total. The highest BCUT2D eigenvalue weighted by molar-refractivity contribution is 6.39. The van der Waals surface area contributed by atoms with Crippen LogP contribution in [0.15, 0.2) is 42.5 Å². The second-order valence-corrected chi connectivity index (χ2v) is 7.69. The van der Waals surface area contributed by atoms with Gasteiger partial charge in [0.1, 0.15) is 0 Å². The number of hydrogen-bond donors (Lipinski definition) is 2. The van der Waals surface area contributed by atoms with Crippen molar-refractivity contribution in [2.24, 2.45) is 0 Å². The third-order valence-corrected chi connectivity index (χ3v) is 5.65. The lowest BCUT2D eigenvalue weighted by Gasteiger charge is -2.26. The van der Waals surface area contributed by atoms with Gasteiger partial charge >= 0.3 is 11.8 Å². The molecule has 0 radical (unpaired) electrons. The topological polar surface area (TPSA) is 78.5 Å². The molecule has 2 aromatic rings. The molecule has 2 heterocycles. The summed E-state index contributed by atoms with van der Waals surface area (Å²) < 4.78 is 0. The number of carbonyl (C=O) groups is 3. The molecular weight excluding hydrogens is 366 g/mol. The molecule has 150 valence electrons. The zero-order valence-electron chi connectivity index (χ0n) is 16.5. The molecule has 1 atom stereocenters. The van der Waals surface area contributed by atoms with E-state index in [4.69, 9.17) is 0 Å². The van der Waals surface area contributed by atoms with Gasteiger partial charge in [0.15, 0.2) is 0 Å². The average Bonchev–Trinajstić information content (AvgIpc) is 2.98. The first kappa shape index (κ1) is 19.2. The van der Waals surface area contributed by atoms with Crippen LogP contribution in [0.5, 0.6) is 0 Å². The fraction of sp³-hybridized carbons (Fsp3) is 0.348. The Hall–Kier alpha value is -3.15. The van der Waals surface area contributed by atoms with E-state index in [1.165, 1.54) is 5.56 Å². The molecule has 0 spiro atoms. The largest absolute Gasteiger partial charge is 0.348 e. The van der Waals surface area contributed by atoms with Crippen LogP contribution in [0.25, 0.3) is 0 Å². The second kappa shape index (κ2) is 8.07. The highest BCUT2D eigenvalue weighted by Gasteiger charge is 2.38. The van der Waals surface area contributed by atoms with Crippen molar-refractivity contribution in [1.82, 2.24) is 5.32 Å². The summed E-state index contributed by atoms with van der Waals surface area (Å²) >= 11 is 0. The molecule has 2 aliphatic heterocycles. The van der Waals surface area contributed by atoms with Gasteiger partial charge in [-0.3, -0.25) is 14.4 Å². The van der Waals surface area contributed by atoms with Crippen LogP contribution in [-0.2, 0) is 27.2 Å². The Labute approximate surface area is 170 Å².